The maximum atomic E-state index is 8.25. The van der Waals surface area contributed by atoms with Gasteiger partial charge in [0.1, 0.15) is 0 Å². The largest absolute Gasteiger partial charge is 0 e. The van der Waals surface area contributed by atoms with Gasteiger partial charge in [-0.15, -0.1) is 0 Å². The Labute approximate surface area is 62.4 Å². The van der Waals surface area contributed by atoms with E-state index in [4.69, 9.17) is 3.50 Å². The molecule has 0 aliphatic heterocycles. The molecule has 4 heteroatoms. The fraction of sp³-hybridized carbons (Fsp3) is 0. The van der Waals surface area contributed by atoms with Gasteiger partial charge in [-0.25, -0.2) is 0 Å². The fourth-order valence-corrected chi connectivity index (χ4v) is 0. The molecule has 0 fully saturated rings. The number of hydrogen-bond acceptors (Lipinski definition) is 1. The van der Waals surface area contributed by atoms with Crippen molar-refractivity contribution in [2.24, 2.45) is 0 Å². The van der Waals surface area contributed by atoms with Crippen molar-refractivity contribution >= 4 is 0 Å². The van der Waals surface area contributed by atoms with Gasteiger partial charge in [0.2, 0.25) is 0 Å². The molecule has 0 heterocycles. The van der Waals surface area contributed by atoms with Crippen LogP contribution in [0.2, 0.25) is 0 Å². The van der Waals surface area contributed by atoms with E-state index in [-0.39, 0.29) is 40.5 Å². The topological polar surface area (TPSA) is 17.1 Å². The minimum Gasteiger partial charge on any atom is 0 e. The van der Waals surface area contributed by atoms with Gasteiger partial charge in [0.25, 0.3) is 0 Å². The zero-order valence-corrected chi connectivity index (χ0v) is 7.70. The Kier molecular flexibility index (Phi) is 93.0. The Morgan fingerprint density at radius 1 is 1.25 bits per heavy atom. The molecule has 1 nitrogen and oxygen atoms in total. The normalized spacial score (nSPS) is 1.25. The summed E-state index contributed by atoms with van der Waals surface area (Å²) in [6.07, 6.45) is 0. The van der Waals surface area contributed by atoms with Gasteiger partial charge in [-0.3, -0.25) is 0 Å². The second-order valence-corrected chi connectivity index (χ2v) is 0. The zero-order chi connectivity index (χ0) is 2.00. The third-order valence-corrected chi connectivity index (χ3v) is 0. The van der Waals surface area contributed by atoms with E-state index in [1.807, 2.05) is 0 Å². The van der Waals surface area contributed by atoms with Gasteiger partial charge >= 0.3 is 22.4 Å². The van der Waals surface area contributed by atoms with E-state index >= 15 is 0 Å². The third-order valence-electron chi connectivity index (χ3n) is 0. The van der Waals surface area contributed by atoms with Crippen molar-refractivity contribution in [3.8, 4) is 0 Å². The Hall–Kier alpha value is 1.76. The first-order valence-electron chi connectivity index (χ1n) is 0.136. The molecule has 0 aromatic carbocycles. The maximum Gasteiger partial charge on any atom is 0 e. The molecule has 0 saturated carbocycles. The Morgan fingerprint density at radius 2 is 1.25 bits per heavy atom. The molecule has 1 radical (unpaired) electrons. The summed E-state index contributed by atoms with van der Waals surface area (Å²) < 4.78 is 8.25. The van der Waals surface area contributed by atoms with E-state index in [1.165, 1.54) is 0 Å². The quantitative estimate of drug-likeness (QED) is 0.419. The summed E-state index contributed by atoms with van der Waals surface area (Å²) in [5, 5.41) is 0. The van der Waals surface area contributed by atoms with Gasteiger partial charge in [-0.05, 0) is 0 Å². The molecule has 0 unspecified atom stereocenters. The average Bonchev–Trinajstić information content (AvgIpc) is 1.00. The smallest absolute Gasteiger partial charge is 0 e. The molecule has 0 aliphatic rings. The molecule has 0 aromatic heterocycles. The fourth-order valence-electron chi connectivity index (χ4n) is 0. The molecular formula is IrOPtRh. The van der Waals surface area contributed by atoms with E-state index in [1.54, 1.807) is 0 Å². The van der Waals surface area contributed by atoms with Crippen molar-refractivity contribution < 1.29 is 62.9 Å². The van der Waals surface area contributed by atoms with E-state index in [0.29, 0.717) is 0 Å². The third kappa shape index (κ3) is 9.25. The molecule has 0 atom stereocenters. The van der Waals surface area contributed by atoms with Crippen LogP contribution in [0.25, 0.3) is 0 Å². The van der Waals surface area contributed by atoms with Crippen LogP contribution >= 0.6 is 0 Å². The van der Waals surface area contributed by atoms with Crippen molar-refractivity contribution in [3.63, 3.8) is 0 Å². The van der Waals surface area contributed by atoms with Gasteiger partial charge in [-0.1, -0.05) is 0 Å². The van der Waals surface area contributed by atoms with Gasteiger partial charge < -0.3 is 0 Å². The molecule has 0 N–H and O–H groups in total. The van der Waals surface area contributed by atoms with Crippen LogP contribution < -0.4 is 0 Å². The summed E-state index contributed by atoms with van der Waals surface area (Å²) in [7, 11) is 0. The molecular weight excluding hydrogens is 506 g/mol. The molecule has 0 bridgehead atoms. The van der Waals surface area contributed by atoms with Crippen LogP contribution in [0.5, 0.6) is 0 Å². The zero-order valence-electron chi connectivity index (χ0n) is 1.39. The van der Waals surface area contributed by atoms with Crippen molar-refractivity contribution in [2.75, 3.05) is 0 Å². The summed E-state index contributed by atoms with van der Waals surface area (Å²) in [6.45, 7) is 0. The summed E-state index contributed by atoms with van der Waals surface area (Å²) >= 11 is 0.750. The second-order valence-electron chi connectivity index (χ2n) is 0. The second kappa shape index (κ2) is 21.7. The molecule has 0 rings (SSSR count). The molecule has 0 aliphatic carbocycles. The monoisotopic (exact) mass is 507 g/mol. The average molecular weight is 506 g/mol. The first-order valence-corrected chi connectivity index (χ1v) is 1.11. The van der Waals surface area contributed by atoms with Crippen LogP contribution in [-0.4, -0.2) is 0 Å². The van der Waals surface area contributed by atoms with Crippen LogP contribution in [0.1, 0.15) is 0 Å². The Bertz CT molecular complexity index is 8.00. The van der Waals surface area contributed by atoms with Crippen LogP contribution in [0, 0.1) is 0 Å². The Morgan fingerprint density at radius 3 is 1.25 bits per heavy atom. The predicted molar refractivity (Wildman–Crippen MR) is 0.686 cm³/mol. The molecule has 0 spiro atoms. The molecule has 4 heavy (non-hydrogen) atoms. The SMILES string of the molecule is [O]=[Ir].[Pt].[Rh]. The van der Waals surface area contributed by atoms with Crippen molar-refractivity contribution in [2.45, 2.75) is 0 Å². The van der Waals surface area contributed by atoms with Gasteiger partial charge in [0, 0.05) is 40.5 Å². The molecule has 0 saturated heterocycles. The molecule has 0 aromatic rings. The summed E-state index contributed by atoms with van der Waals surface area (Å²) in [5.74, 6) is 0. The first kappa shape index (κ1) is 17.1. The van der Waals surface area contributed by atoms with Crippen molar-refractivity contribution in [3.05, 3.63) is 0 Å². The number of rotatable bonds is 0. The van der Waals surface area contributed by atoms with Gasteiger partial charge in [0.15, 0.2) is 0 Å². The van der Waals surface area contributed by atoms with E-state index in [9.17, 15) is 0 Å². The molecule has 0 amide bonds. The van der Waals surface area contributed by atoms with Crippen molar-refractivity contribution in [1.82, 2.24) is 0 Å². The van der Waals surface area contributed by atoms with Gasteiger partial charge in [-0.2, -0.15) is 0 Å². The van der Waals surface area contributed by atoms with Crippen LogP contribution in [0.4, 0.5) is 0 Å². The first-order chi connectivity index (χ1) is 1.00. The summed E-state index contributed by atoms with van der Waals surface area (Å²) in [5.41, 5.74) is 0. The van der Waals surface area contributed by atoms with Crippen molar-refractivity contribution in [1.29, 1.82) is 0 Å². The summed E-state index contributed by atoms with van der Waals surface area (Å²) in [4.78, 5) is 0. The predicted octanol–water partition coefficient (Wildman–Crippen LogP) is -0.126. The van der Waals surface area contributed by atoms with Crippen LogP contribution in [0.15, 0.2) is 0 Å². The van der Waals surface area contributed by atoms with E-state index in [2.05, 4.69) is 0 Å². The van der Waals surface area contributed by atoms with Crippen LogP contribution in [0.3, 0.4) is 0 Å². The van der Waals surface area contributed by atoms with Gasteiger partial charge in [0.05, 0.1) is 0 Å². The summed E-state index contributed by atoms with van der Waals surface area (Å²) in [6, 6.07) is 0. The van der Waals surface area contributed by atoms with E-state index < -0.39 is 0 Å². The Balaban J connectivity index is -0.00000000500. The maximum absolute atomic E-state index is 8.25. The minimum absolute atomic E-state index is 0. The van der Waals surface area contributed by atoms with E-state index in [0.717, 1.165) is 18.9 Å². The minimum atomic E-state index is 0. The van der Waals surface area contributed by atoms with Crippen LogP contribution in [-0.2, 0) is 62.9 Å². The molecule has 34 valence electrons. The number of hydrogen-bond donors (Lipinski definition) is 0. The standard InChI is InChI=1S/Ir.O.Pt.Rh.